The Hall–Kier alpha value is -1.10. The lowest BCUT2D eigenvalue weighted by Crippen LogP contribution is -2.51. The highest BCUT2D eigenvalue weighted by Gasteiger charge is 2.36. The van der Waals surface area contributed by atoms with Crippen molar-refractivity contribution in [3.63, 3.8) is 0 Å². The van der Waals surface area contributed by atoms with Gasteiger partial charge in [0.25, 0.3) is 0 Å². The summed E-state index contributed by atoms with van der Waals surface area (Å²) in [6.45, 7) is 3.96. The second-order valence-electron chi connectivity index (χ2n) is 8.98. The van der Waals surface area contributed by atoms with Gasteiger partial charge in [-0.2, -0.15) is 0 Å². The topological polar surface area (TPSA) is 52.7 Å². The lowest BCUT2D eigenvalue weighted by molar-refractivity contribution is -0.134. The second-order valence-corrected chi connectivity index (χ2v) is 8.98. The first-order valence-electron chi connectivity index (χ1n) is 11.0. The van der Waals surface area contributed by atoms with Gasteiger partial charge in [-0.1, -0.05) is 19.3 Å². The Bertz CT molecular complexity index is 497. The van der Waals surface area contributed by atoms with Gasteiger partial charge >= 0.3 is 0 Å². The van der Waals surface area contributed by atoms with Crippen LogP contribution in [0.5, 0.6) is 0 Å². The van der Waals surface area contributed by atoms with E-state index in [1.807, 2.05) is 0 Å². The quantitative estimate of drug-likeness (QED) is 0.837. The smallest absolute Gasteiger partial charge is 0.225 e. The first-order chi connectivity index (χ1) is 12.7. The number of carbonyl (C=O) groups is 2. The van der Waals surface area contributed by atoms with Crippen molar-refractivity contribution in [3.8, 4) is 0 Å². The SMILES string of the molecule is O=C(NC1CCCCC1)C1CCN(C2CCN(C(=O)C3CC3)CC2)CC1. The zero-order chi connectivity index (χ0) is 17.9. The minimum absolute atomic E-state index is 0.213. The van der Waals surface area contributed by atoms with Crippen LogP contribution in [0, 0.1) is 11.8 Å². The highest BCUT2D eigenvalue weighted by atomic mass is 16.2. The van der Waals surface area contributed by atoms with Crippen molar-refractivity contribution in [2.24, 2.45) is 11.8 Å². The summed E-state index contributed by atoms with van der Waals surface area (Å²) < 4.78 is 0. The maximum Gasteiger partial charge on any atom is 0.225 e. The van der Waals surface area contributed by atoms with Crippen molar-refractivity contribution in [1.82, 2.24) is 15.1 Å². The van der Waals surface area contributed by atoms with Gasteiger partial charge in [-0.05, 0) is 64.5 Å². The maximum absolute atomic E-state index is 12.6. The number of carbonyl (C=O) groups excluding carboxylic acids is 2. The van der Waals surface area contributed by atoms with Crippen molar-refractivity contribution in [2.75, 3.05) is 26.2 Å². The van der Waals surface area contributed by atoms with Crippen LogP contribution in [0.25, 0.3) is 0 Å². The van der Waals surface area contributed by atoms with Crippen molar-refractivity contribution < 1.29 is 9.59 Å². The van der Waals surface area contributed by atoms with E-state index in [1.54, 1.807) is 0 Å². The van der Waals surface area contributed by atoms with Gasteiger partial charge in [0.05, 0.1) is 0 Å². The Labute approximate surface area is 157 Å². The number of amides is 2. The Morgan fingerprint density at radius 2 is 1.35 bits per heavy atom. The molecule has 0 bridgehead atoms. The molecule has 0 radical (unpaired) electrons. The largest absolute Gasteiger partial charge is 0.353 e. The van der Waals surface area contributed by atoms with Crippen LogP contribution in [0.4, 0.5) is 0 Å². The summed E-state index contributed by atoms with van der Waals surface area (Å²) in [5, 5.41) is 3.32. The van der Waals surface area contributed by atoms with Crippen molar-refractivity contribution >= 4 is 11.8 Å². The molecule has 2 saturated heterocycles. The van der Waals surface area contributed by atoms with E-state index in [4.69, 9.17) is 0 Å². The summed E-state index contributed by atoms with van der Waals surface area (Å²) >= 11 is 0. The van der Waals surface area contributed by atoms with E-state index in [2.05, 4.69) is 15.1 Å². The third-order valence-corrected chi connectivity index (χ3v) is 7.07. The predicted molar refractivity (Wildman–Crippen MR) is 102 cm³/mol. The minimum Gasteiger partial charge on any atom is -0.353 e. The lowest BCUT2D eigenvalue weighted by Gasteiger charge is -2.41. The van der Waals surface area contributed by atoms with Crippen LogP contribution < -0.4 is 5.32 Å². The number of rotatable bonds is 4. The molecule has 5 nitrogen and oxygen atoms in total. The monoisotopic (exact) mass is 361 g/mol. The van der Waals surface area contributed by atoms with E-state index in [1.165, 1.54) is 32.1 Å². The van der Waals surface area contributed by atoms with Gasteiger partial charge in [-0.15, -0.1) is 0 Å². The normalized spacial score (nSPS) is 27.5. The van der Waals surface area contributed by atoms with Crippen LogP contribution in [0.1, 0.15) is 70.6 Å². The van der Waals surface area contributed by atoms with Gasteiger partial charge < -0.3 is 15.1 Å². The molecular weight excluding hydrogens is 326 g/mol. The Morgan fingerprint density at radius 3 is 1.96 bits per heavy atom. The number of nitrogens with one attached hydrogen (secondary N) is 1. The molecule has 2 aliphatic heterocycles. The van der Waals surface area contributed by atoms with E-state index in [0.717, 1.165) is 64.7 Å². The molecule has 2 aliphatic carbocycles. The van der Waals surface area contributed by atoms with E-state index in [-0.39, 0.29) is 5.92 Å². The highest BCUT2D eigenvalue weighted by molar-refractivity contribution is 5.81. The van der Waals surface area contributed by atoms with Crippen molar-refractivity contribution in [3.05, 3.63) is 0 Å². The Kier molecular flexibility index (Phi) is 5.82. The van der Waals surface area contributed by atoms with Crippen LogP contribution in [-0.2, 0) is 9.59 Å². The molecule has 4 rings (SSSR count). The van der Waals surface area contributed by atoms with Gasteiger partial charge in [-0.3, -0.25) is 9.59 Å². The lowest BCUT2D eigenvalue weighted by atomic mass is 9.91. The average Bonchev–Trinajstić information content (AvgIpc) is 3.54. The molecule has 4 aliphatic rings. The van der Waals surface area contributed by atoms with Gasteiger partial charge in [0.15, 0.2) is 0 Å². The third kappa shape index (κ3) is 4.41. The summed E-state index contributed by atoms with van der Waals surface area (Å²) in [5.41, 5.74) is 0. The van der Waals surface area contributed by atoms with E-state index in [0.29, 0.717) is 29.8 Å². The van der Waals surface area contributed by atoms with Crippen LogP contribution >= 0.6 is 0 Å². The second kappa shape index (κ2) is 8.28. The van der Waals surface area contributed by atoms with Gasteiger partial charge in [0.2, 0.25) is 11.8 Å². The molecule has 0 spiro atoms. The fourth-order valence-electron chi connectivity index (χ4n) is 5.13. The van der Waals surface area contributed by atoms with E-state index >= 15 is 0 Å². The van der Waals surface area contributed by atoms with Crippen molar-refractivity contribution in [1.29, 1.82) is 0 Å². The molecule has 26 heavy (non-hydrogen) atoms. The number of piperidine rings is 2. The molecule has 0 unspecified atom stereocenters. The molecular formula is C21H35N3O2. The Balaban J connectivity index is 1.17. The molecule has 2 heterocycles. The first-order valence-corrected chi connectivity index (χ1v) is 11.0. The van der Waals surface area contributed by atoms with Crippen LogP contribution in [0.3, 0.4) is 0 Å². The predicted octanol–water partition coefficient (Wildman–Crippen LogP) is 2.55. The summed E-state index contributed by atoms with van der Waals surface area (Å²) in [6, 6.07) is 1.04. The summed E-state index contributed by atoms with van der Waals surface area (Å²) in [6.07, 6.45) is 12.6. The molecule has 0 aromatic heterocycles. The standard InChI is InChI=1S/C21H35N3O2/c25-20(22-18-4-2-1-3-5-18)16-8-12-23(13-9-16)19-10-14-24(15-11-19)21(26)17-6-7-17/h16-19H,1-15H2,(H,22,25). The summed E-state index contributed by atoms with van der Waals surface area (Å²) in [7, 11) is 0. The molecule has 2 amide bonds. The van der Waals surface area contributed by atoms with Gasteiger partial charge in [-0.25, -0.2) is 0 Å². The average molecular weight is 362 g/mol. The first kappa shape index (κ1) is 18.3. The molecule has 146 valence electrons. The van der Waals surface area contributed by atoms with Crippen molar-refractivity contribution in [2.45, 2.75) is 82.7 Å². The zero-order valence-corrected chi connectivity index (χ0v) is 16.1. The Morgan fingerprint density at radius 1 is 0.692 bits per heavy atom. The zero-order valence-electron chi connectivity index (χ0n) is 16.1. The molecule has 4 fully saturated rings. The maximum atomic E-state index is 12.6. The molecule has 0 atom stereocenters. The number of hydrogen-bond donors (Lipinski definition) is 1. The molecule has 1 N–H and O–H groups in total. The van der Waals surface area contributed by atoms with Crippen LogP contribution in [0.2, 0.25) is 0 Å². The van der Waals surface area contributed by atoms with Gasteiger partial charge in [0, 0.05) is 37.0 Å². The number of hydrogen-bond acceptors (Lipinski definition) is 3. The number of nitrogens with zero attached hydrogens (tertiary/aromatic N) is 2. The third-order valence-electron chi connectivity index (χ3n) is 7.07. The van der Waals surface area contributed by atoms with Gasteiger partial charge in [0.1, 0.15) is 0 Å². The van der Waals surface area contributed by atoms with Crippen LogP contribution in [0.15, 0.2) is 0 Å². The molecule has 5 heteroatoms. The number of likely N-dealkylation sites (tertiary alicyclic amines) is 2. The minimum atomic E-state index is 0.213. The summed E-state index contributed by atoms with van der Waals surface area (Å²) in [4.78, 5) is 29.4. The highest BCUT2D eigenvalue weighted by Crippen LogP contribution is 2.32. The van der Waals surface area contributed by atoms with E-state index in [9.17, 15) is 9.59 Å². The van der Waals surface area contributed by atoms with E-state index < -0.39 is 0 Å². The molecule has 0 aromatic carbocycles. The fourth-order valence-corrected chi connectivity index (χ4v) is 5.13. The molecule has 0 aromatic rings. The fraction of sp³-hybridized carbons (Fsp3) is 0.905. The van der Waals surface area contributed by atoms with Crippen LogP contribution in [-0.4, -0.2) is 59.9 Å². The molecule has 2 saturated carbocycles. The summed E-state index contributed by atoms with van der Waals surface area (Å²) in [5.74, 6) is 1.28.